The van der Waals surface area contributed by atoms with Gasteiger partial charge in [-0.3, -0.25) is 15.0 Å². The third-order valence-corrected chi connectivity index (χ3v) is 4.44. The summed E-state index contributed by atoms with van der Waals surface area (Å²) in [5.41, 5.74) is 6.30. The van der Waals surface area contributed by atoms with Crippen LogP contribution in [0.2, 0.25) is 0 Å². The first-order valence-corrected chi connectivity index (χ1v) is 7.93. The second kappa shape index (κ2) is 6.79. The van der Waals surface area contributed by atoms with Crippen LogP contribution in [-0.2, 0) is 11.2 Å². The number of carbonyl (C=O) groups is 2. The van der Waals surface area contributed by atoms with Gasteiger partial charge < -0.3 is 5.73 Å². The lowest BCUT2D eigenvalue weighted by Crippen LogP contribution is -2.44. The summed E-state index contributed by atoms with van der Waals surface area (Å²) in [5, 5.41) is 4.65. The van der Waals surface area contributed by atoms with Crippen LogP contribution in [0.15, 0.2) is 42.5 Å². The van der Waals surface area contributed by atoms with Gasteiger partial charge in [0.1, 0.15) is 0 Å². The molecule has 0 aliphatic carbocycles. The van der Waals surface area contributed by atoms with Crippen molar-refractivity contribution in [2.24, 2.45) is 5.73 Å². The molecular formula is C18H21N3O2. The number of rotatable bonds is 4. The number of fused-ring (bicyclic) bond motifs is 1. The summed E-state index contributed by atoms with van der Waals surface area (Å²) in [4.78, 5) is 24.7. The lowest BCUT2D eigenvalue weighted by molar-refractivity contribution is -0.121. The molecule has 5 nitrogen and oxygen atoms in total. The molecule has 3 rings (SSSR count). The highest BCUT2D eigenvalue weighted by Gasteiger charge is 2.27. The topological polar surface area (TPSA) is 75.4 Å². The molecular weight excluding hydrogens is 290 g/mol. The van der Waals surface area contributed by atoms with Crippen LogP contribution in [0.5, 0.6) is 0 Å². The highest BCUT2D eigenvalue weighted by molar-refractivity contribution is 5.94. The Morgan fingerprint density at radius 2 is 1.96 bits per heavy atom. The molecule has 120 valence electrons. The first-order chi connectivity index (χ1) is 11.1. The molecule has 1 heterocycles. The largest absolute Gasteiger partial charge is 0.351 e. The molecule has 0 radical (unpaired) electrons. The van der Waals surface area contributed by atoms with E-state index in [1.165, 1.54) is 16.3 Å². The second-order valence-corrected chi connectivity index (χ2v) is 6.02. The first-order valence-electron chi connectivity index (χ1n) is 7.93. The van der Waals surface area contributed by atoms with Crippen molar-refractivity contribution in [3.05, 3.63) is 48.0 Å². The van der Waals surface area contributed by atoms with Gasteiger partial charge in [-0.1, -0.05) is 42.5 Å². The molecule has 1 saturated heterocycles. The van der Waals surface area contributed by atoms with Gasteiger partial charge in [0.2, 0.25) is 5.91 Å². The fourth-order valence-electron chi connectivity index (χ4n) is 3.42. The molecule has 0 saturated carbocycles. The number of hydrogen-bond acceptors (Lipinski definition) is 3. The van der Waals surface area contributed by atoms with E-state index in [-0.39, 0.29) is 12.5 Å². The minimum absolute atomic E-state index is 0.221. The van der Waals surface area contributed by atoms with Crippen molar-refractivity contribution in [2.45, 2.75) is 25.3 Å². The van der Waals surface area contributed by atoms with Crippen LogP contribution >= 0.6 is 0 Å². The zero-order valence-electron chi connectivity index (χ0n) is 13.0. The number of nitrogens with two attached hydrogens (primary N) is 1. The summed E-state index contributed by atoms with van der Waals surface area (Å²) in [6.07, 6.45) is 3.04. The number of primary amides is 1. The second-order valence-electron chi connectivity index (χ2n) is 6.02. The van der Waals surface area contributed by atoms with Crippen molar-refractivity contribution in [2.75, 3.05) is 13.1 Å². The molecule has 1 fully saturated rings. The molecule has 5 heteroatoms. The van der Waals surface area contributed by atoms with Crippen molar-refractivity contribution in [1.29, 1.82) is 0 Å². The van der Waals surface area contributed by atoms with Crippen molar-refractivity contribution < 1.29 is 9.59 Å². The van der Waals surface area contributed by atoms with Gasteiger partial charge in [-0.2, -0.15) is 0 Å². The van der Waals surface area contributed by atoms with Crippen LogP contribution < -0.4 is 11.1 Å². The molecule has 1 atom stereocenters. The minimum Gasteiger partial charge on any atom is -0.351 e. The first kappa shape index (κ1) is 15.5. The van der Waals surface area contributed by atoms with E-state index < -0.39 is 6.03 Å². The van der Waals surface area contributed by atoms with Gasteiger partial charge in [-0.05, 0) is 42.1 Å². The van der Waals surface area contributed by atoms with Crippen LogP contribution in [0.3, 0.4) is 0 Å². The van der Waals surface area contributed by atoms with Crippen LogP contribution in [0.1, 0.15) is 18.4 Å². The Hall–Kier alpha value is -2.40. The standard InChI is InChI=1S/C18H21N3O2/c19-18(23)20-17(22)12-21-10-4-8-15(21)11-14-7-3-6-13-5-1-2-9-16(13)14/h1-3,5-7,9,15H,4,8,10-12H2,(H3,19,20,22,23)/t15-/m0/s1. The molecule has 0 aromatic heterocycles. The maximum atomic E-state index is 11.8. The number of likely N-dealkylation sites (tertiary alicyclic amines) is 1. The number of hydrogen-bond donors (Lipinski definition) is 2. The predicted octanol–water partition coefficient (Wildman–Crippen LogP) is 2.04. The molecule has 23 heavy (non-hydrogen) atoms. The molecule has 2 aromatic rings. The third kappa shape index (κ3) is 3.68. The average Bonchev–Trinajstić information content (AvgIpc) is 2.94. The van der Waals surface area contributed by atoms with E-state index >= 15 is 0 Å². The minimum atomic E-state index is -0.792. The Morgan fingerprint density at radius 3 is 2.78 bits per heavy atom. The van der Waals surface area contributed by atoms with E-state index in [0.717, 1.165) is 25.8 Å². The Bertz CT molecular complexity index is 724. The third-order valence-electron chi connectivity index (χ3n) is 4.44. The molecule has 0 unspecified atom stereocenters. The summed E-state index contributed by atoms with van der Waals surface area (Å²) in [6.45, 7) is 1.10. The quantitative estimate of drug-likeness (QED) is 0.907. The lowest BCUT2D eigenvalue weighted by atomic mass is 9.98. The van der Waals surface area contributed by atoms with Gasteiger partial charge in [-0.15, -0.1) is 0 Å². The normalized spacial score (nSPS) is 18.2. The SMILES string of the molecule is NC(=O)NC(=O)CN1CCC[C@H]1Cc1cccc2ccccc12. The Kier molecular flexibility index (Phi) is 4.57. The van der Waals surface area contributed by atoms with Crippen molar-refractivity contribution in [3.8, 4) is 0 Å². The van der Waals surface area contributed by atoms with E-state index in [0.29, 0.717) is 6.04 Å². The van der Waals surface area contributed by atoms with E-state index in [4.69, 9.17) is 5.73 Å². The summed E-state index contributed by atoms with van der Waals surface area (Å²) < 4.78 is 0. The summed E-state index contributed by atoms with van der Waals surface area (Å²) in [7, 11) is 0. The fraction of sp³-hybridized carbons (Fsp3) is 0.333. The average molecular weight is 311 g/mol. The highest BCUT2D eigenvalue weighted by Crippen LogP contribution is 2.25. The van der Waals surface area contributed by atoms with Gasteiger partial charge >= 0.3 is 6.03 Å². The fourth-order valence-corrected chi connectivity index (χ4v) is 3.42. The van der Waals surface area contributed by atoms with Gasteiger partial charge in [-0.25, -0.2) is 4.79 Å². The molecule has 2 aromatic carbocycles. The van der Waals surface area contributed by atoms with E-state index in [9.17, 15) is 9.59 Å². The molecule has 0 spiro atoms. The van der Waals surface area contributed by atoms with E-state index in [1.807, 2.05) is 6.07 Å². The number of amides is 3. The Balaban J connectivity index is 1.73. The molecule has 1 aliphatic rings. The van der Waals surface area contributed by atoms with Gasteiger partial charge in [0.05, 0.1) is 6.54 Å². The van der Waals surface area contributed by atoms with Crippen LogP contribution in [0.4, 0.5) is 4.79 Å². The van der Waals surface area contributed by atoms with Crippen LogP contribution in [0, 0.1) is 0 Å². The van der Waals surface area contributed by atoms with E-state index in [2.05, 4.69) is 46.6 Å². The lowest BCUT2D eigenvalue weighted by Gasteiger charge is -2.24. The number of urea groups is 1. The maximum Gasteiger partial charge on any atom is 0.318 e. The van der Waals surface area contributed by atoms with Gasteiger partial charge in [0, 0.05) is 6.04 Å². The van der Waals surface area contributed by atoms with Gasteiger partial charge in [0.25, 0.3) is 0 Å². The zero-order chi connectivity index (χ0) is 16.2. The molecule has 1 aliphatic heterocycles. The Morgan fingerprint density at radius 1 is 1.17 bits per heavy atom. The highest BCUT2D eigenvalue weighted by atomic mass is 16.2. The summed E-state index contributed by atoms with van der Waals surface area (Å²) in [5.74, 6) is -0.331. The molecule has 0 bridgehead atoms. The number of nitrogens with zero attached hydrogens (tertiary/aromatic N) is 1. The van der Waals surface area contributed by atoms with Crippen molar-refractivity contribution in [1.82, 2.24) is 10.2 Å². The summed E-state index contributed by atoms with van der Waals surface area (Å²) >= 11 is 0. The Labute approximate surface area is 135 Å². The molecule has 3 N–H and O–H groups in total. The smallest absolute Gasteiger partial charge is 0.318 e. The summed E-state index contributed by atoms with van der Waals surface area (Å²) in [6, 6.07) is 14.2. The van der Waals surface area contributed by atoms with Crippen LogP contribution in [-0.4, -0.2) is 36.0 Å². The number of nitrogens with one attached hydrogen (secondary N) is 1. The number of imide groups is 1. The van der Waals surface area contributed by atoms with Crippen LogP contribution in [0.25, 0.3) is 10.8 Å². The van der Waals surface area contributed by atoms with Crippen molar-refractivity contribution >= 4 is 22.7 Å². The predicted molar refractivity (Wildman–Crippen MR) is 90.0 cm³/mol. The van der Waals surface area contributed by atoms with E-state index in [1.54, 1.807) is 0 Å². The van der Waals surface area contributed by atoms with Gasteiger partial charge in [0.15, 0.2) is 0 Å². The number of carbonyl (C=O) groups excluding carboxylic acids is 2. The maximum absolute atomic E-state index is 11.8. The molecule has 3 amide bonds. The number of benzene rings is 2. The monoisotopic (exact) mass is 311 g/mol. The van der Waals surface area contributed by atoms with Crippen molar-refractivity contribution in [3.63, 3.8) is 0 Å². The zero-order valence-corrected chi connectivity index (χ0v) is 13.0.